The van der Waals surface area contributed by atoms with Crippen molar-refractivity contribution < 1.29 is 21.2 Å². The average molecular weight is 538 g/mol. The van der Waals surface area contributed by atoms with E-state index in [9.17, 15) is 0 Å². The van der Waals surface area contributed by atoms with Gasteiger partial charge in [-0.2, -0.15) is 0 Å². The molecule has 1 unspecified atom stereocenters. The molecule has 3 heteroatoms. The standard InChI is InChI=1S/C12H10.C9H13.C7H14N.C2H7Si.Zr/c1-3-7-11(8-4-1)12-9-5-2-6-10-12;1-6-5-7(2)9(4)8(6)3;8-7-5-3-1-2-4-6-7;1-3-2;/h1-10H;6H,1-4H3;7-8H,1-6H2;3H,1-2H3;/q;;-1;;+1. The van der Waals surface area contributed by atoms with Crippen LogP contribution in [0.1, 0.15) is 66.2 Å². The minimum absolute atomic E-state index is 0.555. The SMILES string of the molecule is CC1=C(C)C(C)[C]([Zr]([NH]C2CCCCCC2)[SiH](C)C)=C1C.c1ccc(-c2ccccc2)cc1. The molecular weight excluding hydrogens is 494 g/mol. The van der Waals surface area contributed by atoms with Gasteiger partial charge in [0, 0.05) is 0 Å². The third-order valence-corrected chi connectivity index (χ3v) is 25.3. The van der Waals surface area contributed by atoms with Crippen molar-refractivity contribution in [2.75, 3.05) is 0 Å². The third-order valence-electron chi connectivity index (χ3n) is 7.60. The summed E-state index contributed by atoms with van der Waals surface area (Å²) in [5.74, 6) is 0.188. The molecule has 33 heavy (non-hydrogen) atoms. The van der Waals surface area contributed by atoms with E-state index < -0.39 is 27.1 Å². The van der Waals surface area contributed by atoms with Crippen molar-refractivity contribution >= 4 is 5.92 Å². The Bertz CT molecular complexity index is 887. The van der Waals surface area contributed by atoms with Crippen LogP contribution < -0.4 is 3.26 Å². The van der Waals surface area contributed by atoms with Gasteiger partial charge in [-0.15, -0.1) is 0 Å². The van der Waals surface area contributed by atoms with Gasteiger partial charge in [0.1, 0.15) is 0 Å². The van der Waals surface area contributed by atoms with Gasteiger partial charge in [-0.1, -0.05) is 60.7 Å². The monoisotopic (exact) mass is 536 g/mol. The molecule has 0 spiro atoms. The normalized spacial score (nSPS) is 19.4. The second kappa shape index (κ2) is 13.2. The number of benzene rings is 2. The Hall–Kier alpha value is -1.02. The van der Waals surface area contributed by atoms with Gasteiger partial charge in [0.15, 0.2) is 0 Å². The van der Waals surface area contributed by atoms with E-state index in [4.69, 9.17) is 0 Å². The predicted molar refractivity (Wildman–Crippen MR) is 146 cm³/mol. The Morgan fingerprint density at radius 2 is 1.21 bits per heavy atom. The summed E-state index contributed by atoms with van der Waals surface area (Å²) >= 11 is -1.59. The van der Waals surface area contributed by atoms with Crippen LogP contribution in [0.4, 0.5) is 0 Å². The number of hydrogen-bond acceptors (Lipinski definition) is 1. The molecule has 1 atom stereocenters. The molecule has 4 rings (SSSR count). The molecule has 1 N–H and O–H groups in total. The van der Waals surface area contributed by atoms with Crippen LogP contribution in [0.2, 0.25) is 13.1 Å². The van der Waals surface area contributed by atoms with Crippen molar-refractivity contribution in [3.05, 3.63) is 80.7 Å². The first-order valence-electron chi connectivity index (χ1n) is 13.0. The van der Waals surface area contributed by atoms with Crippen LogP contribution in [0.5, 0.6) is 0 Å². The first-order chi connectivity index (χ1) is 15.9. The van der Waals surface area contributed by atoms with Gasteiger partial charge in [0.05, 0.1) is 0 Å². The van der Waals surface area contributed by atoms with E-state index in [0.717, 1.165) is 12.0 Å². The molecule has 0 aliphatic heterocycles. The van der Waals surface area contributed by atoms with Gasteiger partial charge in [0.2, 0.25) is 0 Å². The topological polar surface area (TPSA) is 12.0 Å². The smallest absolute Gasteiger partial charge is 0.0184 e. The van der Waals surface area contributed by atoms with E-state index in [1.807, 2.05) is 15.4 Å². The zero-order chi connectivity index (χ0) is 23.8. The van der Waals surface area contributed by atoms with Crippen molar-refractivity contribution in [1.82, 2.24) is 3.26 Å². The maximum absolute atomic E-state index is 4.31. The van der Waals surface area contributed by atoms with Crippen molar-refractivity contribution in [2.24, 2.45) is 5.92 Å². The molecule has 1 saturated carbocycles. The Morgan fingerprint density at radius 3 is 1.61 bits per heavy atom. The van der Waals surface area contributed by atoms with E-state index in [2.05, 4.69) is 92.6 Å². The Morgan fingerprint density at radius 1 is 0.727 bits per heavy atom. The minimum Gasteiger partial charge on any atom is -0.0622 e. The van der Waals surface area contributed by atoms with Gasteiger partial charge in [-0.05, 0) is 11.1 Å². The molecule has 1 fully saturated rings. The maximum atomic E-state index is 4.31. The summed E-state index contributed by atoms with van der Waals surface area (Å²) < 4.78 is 6.24. The van der Waals surface area contributed by atoms with Crippen LogP contribution >= 0.6 is 0 Å². The van der Waals surface area contributed by atoms with Crippen molar-refractivity contribution in [2.45, 2.75) is 85.4 Å². The fourth-order valence-electron chi connectivity index (χ4n) is 5.26. The summed E-state index contributed by atoms with van der Waals surface area (Å²) in [6, 6.07) is 21.6. The zero-order valence-corrected chi connectivity index (χ0v) is 25.4. The first kappa shape index (κ1) is 26.6. The van der Waals surface area contributed by atoms with Crippen molar-refractivity contribution in [3.63, 3.8) is 0 Å². The van der Waals surface area contributed by atoms with Gasteiger partial charge < -0.3 is 0 Å². The molecule has 2 aromatic rings. The maximum Gasteiger partial charge on any atom is -0.0184 e. The van der Waals surface area contributed by atoms with Crippen LogP contribution in [0.15, 0.2) is 80.7 Å². The molecule has 0 amide bonds. The number of rotatable bonds is 5. The molecule has 0 radical (unpaired) electrons. The van der Waals surface area contributed by atoms with E-state index >= 15 is 0 Å². The van der Waals surface area contributed by atoms with E-state index in [0.29, 0.717) is 0 Å². The van der Waals surface area contributed by atoms with E-state index in [-0.39, 0.29) is 0 Å². The van der Waals surface area contributed by atoms with Gasteiger partial charge in [-0.3, -0.25) is 0 Å². The van der Waals surface area contributed by atoms with Crippen LogP contribution in [0.3, 0.4) is 0 Å². The van der Waals surface area contributed by atoms with Crippen LogP contribution in [-0.4, -0.2) is 12.0 Å². The molecule has 0 heterocycles. The second-order valence-corrected chi connectivity index (χ2v) is 28.5. The molecule has 2 aliphatic carbocycles. The minimum atomic E-state index is -1.59. The Labute approximate surface area is 212 Å². The molecule has 0 saturated heterocycles. The molecule has 0 bridgehead atoms. The zero-order valence-electron chi connectivity index (χ0n) is 21.7. The molecule has 177 valence electrons. The summed E-state index contributed by atoms with van der Waals surface area (Å²) in [6.45, 7) is 14.8. The fourth-order valence-corrected chi connectivity index (χ4v) is 22.7. The molecule has 2 aromatic carbocycles. The number of allylic oxidation sites excluding steroid dienone is 4. The summed E-state index contributed by atoms with van der Waals surface area (Å²) in [5.41, 5.74) is 7.48. The van der Waals surface area contributed by atoms with Crippen LogP contribution in [-0.2, 0) is 21.2 Å². The summed E-state index contributed by atoms with van der Waals surface area (Å²) in [6.07, 6.45) is 8.73. The van der Waals surface area contributed by atoms with Crippen LogP contribution in [0, 0.1) is 5.92 Å². The summed E-state index contributed by atoms with van der Waals surface area (Å²) in [7, 11) is 0. The van der Waals surface area contributed by atoms with E-state index in [1.165, 1.54) is 49.7 Å². The van der Waals surface area contributed by atoms with Gasteiger partial charge >= 0.3 is 142 Å². The summed E-state index contributed by atoms with van der Waals surface area (Å²) in [5, 5.41) is 0. The van der Waals surface area contributed by atoms with Gasteiger partial charge in [-0.25, -0.2) is 0 Å². The third kappa shape index (κ3) is 7.23. The average Bonchev–Trinajstić information content (AvgIpc) is 3.04. The van der Waals surface area contributed by atoms with E-state index in [1.54, 1.807) is 16.7 Å². The van der Waals surface area contributed by atoms with Crippen molar-refractivity contribution in [1.29, 1.82) is 0 Å². The second-order valence-electron chi connectivity index (χ2n) is 10.2. The Kier molecular flexibility index (Phi) is 10.6. The molecular formula is C30H44NSiZr. The fraction of sp³-hybridized carbons (Fsp3) is 0.467. The molecule has 0 aromatic heterocycles. The largest absolute Gasteiger partial charge is 0.0622 e. The summed E-state index contributed by atoms with van der Waals surface area (Å²) in [4.78, 5) is 0. The first-order valence-corrected chi connectivity index (χ1v) is 22.6. The Balaban J connectivity index is 0.000000215. The quantitative estimate of drug-likeness (QED) is 0.298. The van der Waals surface area contributed by atoms with Gasteiger partial charge in [0.25, 0.3) is 0 Å². The number of nitrogens with one attached hydrogen (secondary N) is 1. The van der Waals surface area contributed by atoms with Crippen LogP contribution in [0.25, 0.3) is 11.1 Å². The number of hydrogen-bond donors (Lipinski definition) is 1. The van der Waals surface area contributed by atoms with Crippen molar-refractivity contribution in [3.8, 4) is 11.1 Å². The molecule has 2 aliphatic rings. The predicted octanol–water partition coefficient (Wildman–Crippen LogP) is 8.43. The molecule has 1 nitrogen and oxygen atoms in total.